The van der Waals surface area contributed by atoms with Crippen molar-refractivity contribution in [2.45, 2.75) is 55.4 Å². The molecule has 0 spiro atoms. The number of nitrogens with zero attached hydrogens (tertiary/aromatic N) is 12. The second-order valence-electron chi connectivity index (χ2n) is 15.3. The first-order valence-electron chi connectivity index (χ1n) is 17.8. The molecule has 0 saturated heterocycles. The Labute approximate surface area is 331 Å². The van der Waals surface area contributed by atoms with Crippen LogP contribution >= 0.6 is 0 Å². The van der Waals surface area contributed by atoms with E-state index in [2.05, 4.69) is 40.1 Å². The van der Waals surface area contributed by atoms with Gasteiger partial charge >= 0.3 is 23.9 Å². The first-order valence-corrected chi connectivity index (χ1v) is 17.8. The molecule has 0 bridgehead atoms. The van der Waals surface area contributed by atoms with Gasteiger partial charge in [-0.2, -0.15) is 0 Å². The van der Waals surface area contributed by atoms with Crippen molar-refractivity contribution in [2.75, 3.05) is 105 Å². The van der Waals surface area contributed by atoms with Crippen molar-refractivity contribution in [3.63, 3.8) is 0 Å². The number of ether oxygens (including phenoxy) is 8. The second-order valence-corrected chi connectivity index (χ2v) is 15.3. The molecule has 0 amide bonds. The molecule has 24 heteroatoms. The van der Waals surface area contributed by atoms with Crippen molar-refractivity contribution in [1.29, 1.82) is 0 Å². The van der Waals surface area contributed by atoms with Crippen LogP contribution in [-0.4, -0.2) is 129 Å². The fourth-order valence-electron chi connectivity index (χ4n) is 4.05. The summed E-state index contributed by atoms with van der Waals surface area (Å²) >= 11 is 0. The van der Waals surface area contributed by atoms with Crippen molar-refractivity contribution in [1.82, 2.24) is 0 Å². The predicted molar refractivity (Wildman–Crippen MR) is 201 cm³/mol. The van der Waals surface area contributed by atoms with E-state index in [0.29, 0.717) is 0 Å². The first kappa shape index (κ1) is 52.0. The summed E-state index contributed by atoms with van der Waals surface area (Å²) < 4.78 is 44.9. The molecule has 0 fully saturated rings. The van der Waals surface area contributed by atoms with Crippen LogP contribution in [0.4, 0.5) is 0 Å². The Morgan fingerprint density at radius 3 is 0.754 bits per heavy atom. The van der Waals surface area contributed by atoms with Gasteiger partial charge in [0.15, 0.2) is 0 Å². The van der Waals surface area contributed by atoms with Gasteiger partial charge in [0.2, 0.25) is 0 Å². The van der Waals surface area contributed by atoms with Gasteiger partial charge < -0.3 is 37.9 Å². The minimum absolute atomic E-state index is 0.0707. The van der Waals surface area contributed by atoms with E-state index in [9.17, 15) is 19.2 Å². The van der Waals surface area contributed by atoms with Gasteiger partial charge in [0, 0.05) is 45.8 Å². The third-order valence-electron chi connectivity index (χ3n) is 7.80. The van der Waals surface area contributed by atoms with Crippen molar-refractivity contribution in [3.05, 3.63) is 41.8 Å². The van der Waals surface area contributed by atoms with Gasteiger partial charge in [0.1, 0.15) is 26.4 Å². The molecule has 0 aromatic heterocycles. The van der Waals surface area contributed by atoms with E-state index in [1.807, 2.05) is 0 Å². The monoisotopic (exact) mass is 812 g/mol. The zero-order valence-corrected chi connectivity index (χ0v) is 34.1. The zero-order chi connectivity index (χ0) is 43.4. The van der Waals surface area contributed by atoms with Crippen molar-refractivity contribution in [3.8, 4) is 0 Å². The number of carbonyl (C=O) groups excluding carboxylic acids is 4. The molecule has 0 aliphatic carbocycles. The van der Waals surface area contributed by atoms with Crippen LogP contribution in [0.25, 0.3) is 41.8 Å². The molecule has 0 rings (SSSR count). The maximum atomic E-state index is 12.5. The van der Waals surface area contributed by atoms with Gasteiger partial charge in [-0.15, -0.1) is 0 Å². The van der Waals surface area contributed by atoms with Crippen LogP contribution in [0.2, 0.25) is 0 Å². The number of rotatable bonds is 32. The maximum Gasteiger partial charge on any atom is 0.311 e. The number of azide groups is 4. The van der Waals surface area contributed by atoms with Gasteiger partial charge in [-0.05, 0) is 77.5 Å². The molecule has 320 valence electrons. The molecule has 0 aliphatic rings. The van der Waals surface area contributed by atoms with Gasteiger partial charge in [-0.3, -0.25) is 19.2 Å². The summed E-state index contributed by atoms with van der Waals surface area (Å²) in [6, 6.07) is 0. The van der Waals surface area contributed by atoms with E-state index in [0.717, 1.165) is 0 Å². The molecular weight excluding hydrogens is 756 g/mol. The summed E-state index contributed by atoms with van der Waals surface area (Å²) in [6.45, 7) is 10.8. The maximum absolute atomic E-state index is 12.5. The fraction of sp³-hybridized carbons (Fsp3) is 0.879. The number of hydrogen-bond acceptors (Lipinski definition) is 16. The quantitative estimate of drug-likeness (QED) is 0.0201. The molecule has 24 nitrogen and oxygen atoms in total. The normalized spacial score (nSPS) is 12.6. The second kappa shape index (κ2) is 26.7. The highest BCUT2D eigenvalue weighted by molar-refractivity contribution is 5.77. The molecule has 0 heterocycles. The molecular formula is C33H56N12O12. The Morgan fingerprint density at radius 2 is 0.579 bits per heavy atom. The van der Waals surface area contributed by atoms with E-state index in [1.54, 1.807) is 55.4 Å². The number of esters is 4. The van der Waals surface area contributed by atoms with Crippen molar-refractivity contribution < 1.29 is 57.1 Å². The minimum atomic E-state index is -1.09. The van der Waals surface area contributed by atoms with Gasteiger partial charge in [0.05, 0.1) is 79.9 Å². The van der Waals surface area contributed by atoms with E-state index >= 15 is 0 Å². The molecule has 0 unspecified atom stereocenters. The highest BCUT2D eigenvalue weighted by Gasteiger charge is 2.35. The van der Waals surface area contributed by atoms with E-state index in [-0.39, 0.29) is 105 Å². The van der Waals surface area contributed by atoms with Crippen LogP contribution in [-0.2, 0) is 57.1 Å². The topological polar surface area (TPSA) is 337 Å². The van der Waals surface area contributed by atoms with Crippen LogP contribution in [0.15, 0.2) is 20.5 Å². The lowest BCUT2D eigenvalue weighted by molar-refractivity contribution is -0.160. The summed E-state index contributed by atoms with van der Waals surface area (Å²) in [5.41, 5.74) is 29.1. The highest BCUT2D eigenvalue weighted by Crippen LogP contribution is 2.24. The molecule has 0 N–H and O–H groups in total. The largest absolute Gasteiger partial charge is 0.463 e. The van der Waals surface area contributed by atoms with Crippen LogP contribution in [0.5, 0.6) is 0 Å². The average Bonchev–Trinajstić information content (AvgIpc) is 3.16. The zero-order valence-electron chi connectivity index (χ0n) is 34.1. The predicted octanol–water partition coefficient (Wildman–Crippen LogP) is 5.56. The van der Waals surface area contributed by atoms with Gasteiger partial charge in [0.25, 0.3) is 0 Å². The summed E-state index contributed by atoms with van der Waals surface area (Å²) in [4.78, 5) is 60.8. The van der Waals surface area contributed by atoms with Crippen LogP contribution in [0.1, 0.15) is 55.4 Å². The van der Waals surface area contributed by atoms with Gasteiger partial charge in [-0.25, -0.2) is 0 Å². The van der Waals surface area contributed by atoms with E-state index in [4.69, 9.17) is 60.0 Å². The summed E-state index contributed by atoms with van der Waals surface area (Å²) in [7, 11) is 0. The van der Waals surface area contributed by atoms with Crippen LogP contribution in [0.3, 0.4) is 0 Å². The van der Waals surface area contributed by atoms with Gasteiger partial charge in [-0.1, -0.05) is 20.5 Å². The SMILES string of the molecule is CC(C)(CN=[N+]=[N-])C(=O)OCCOCC(COCCOC(=O)C(C)(C)CN=[N+]=[N-])(COCCOC(=O)C(C)(C)CN=[N+]=[N-])COCCOC(=O)C(C)(C)CN=[N+]=[N-]. The van der Waals surface area contributed by atoms with E-state index in [1.165, 1.54) is 0 Å². The minimum Gasteiger partial charge on any atom is -0.463 e. The Morgan fingerprint density at radius 1 is 0.386 bits per heavy atom. The molecule has 0 saturated carbocycles. The number of carbonyl (C=O) groups is 4. The Kier molecular flexibility index (Phi) is 24.4. The molecule has 0 aromatic carbocycles. The number of hydrogen-bond donors (Lipinski definition) is 0. The summed E-state index contributed by atoms with van der Waals surface area (Å²) in [5, 5.41) is 13.8. The highest BCUT2D eigenvalue weighted by atomic mass is 16.6. The molecule has 0 atom stereocenters. The average molecular weight is 813 g/mol. The Bertz CT molecular complexity index is 1280. The molecule has 0 aliphatic heterocycles. The van der Waals surface area contributed by atoms with Crippen molar-refractivity contribution in [2.24, 2.45) is 47.5 Å². The lowest BCUT2D eigenvalue weighted by Gasteiger charge is -2.33. The fourth-order valence-corrected chi connectivity index (χ4v) is 4.05. The van der Waals surface area contributed by atoms with Crippen LogP contribution < -0.4 is 0 Å². The van der Waals surface area contributed by atoms with Crippen molar-refractivity contribution >= 4 is 23.9 Å². The first-order chi connectivity index (χ1) is 26.8. The lowest BCUT2D eigenvalue weighted by atomic mass is 9.92. The lowest BCUT2D eigenvalue weighted by Crippen LogP contribution is -2.43. The molecule has 0 radical (unpaired) electrons. The molecule has 57 heavy (non-hydrogen) atoms. The molecule has 0 aromatic rings. The third-order valence-corrected chi connectivity index (χ3v) is 7.80. The summed E-state index contributed by atoms with van der Waals surface area (Å²) in [5.74, 6) is -2.42. The Balaban J connectivity index is 5.91. The third kappa shape index (κ3) is 21.7. The van der Waals surface area contributed by atoms with Crippen LogP contribution in [0, 0.1) is 27.1 Å². The summed E-state index contributed by atoms with van der Waals surface area (Å²) in [6.07, 6.45) is 0. The standard InChI is InChI=1S/C33H56N12O12/c1-29(2,17-38-42-34)25(46)54-13-9-50-21-33(22-51-10-14-55-26(47)30(3,4)18-39-43-35,23-52-11-15-56-27(48)31(5,6)19-40-44-36)24-53-12-16-57-28(49)32(7,8)20-41-45-37/h9-24H2,1-8H3. The smallest absolute Gasteiger partial charge is 0.311 e. The Hall–Kier alpha value is -5.04. The van der Waals surface area contributed by atoms with E-state index < -0.39 is 51.0 Å².